The number of nitrogens with one attached hydrogen (secondary N) is 8. The second kappa shape index (κ2) is 33.1. The lowest BCUT2D eigenvalue weighted by Gasteiger charge is -2.26. The number of imidazole rings is 2. The molecule has 0 aliphatic heterocycles. The lowest BCUT2D eigenvalue weighted by molar-refractivity contribution is -0.142. The molecule has 6 amide bonds. The summed E-state index contributed by atoms with van der Waals surface area (Å²) < 4.78 is 10.4. The predicted molar refractivity (Wildman–Crippen MR) is 282 cm³/mol. The van der Waals surface area contributed by atoms with Crippen molar-refractivity contribution in [2.75, 3.05) is 13.2 Å². The maximum absolute atomic E-state index is 13.3. The van der Waals surface area contributed by atoms with Crippen LogP contribution in [0.2, 0.25) is 0 Å². The smallest absolute Gasteiger partial charge is 0.408 e. The molecule has 34 nitrogen and oxygen atoms in total. The fourth-order valence-corrected chi connectivity index (χ4v) is 7.29. The van der Waals surface area contributed by atoms with Gasteiger partial charge in [0.25, 0.3) is 0 Å². The Hall–Kier alpha value is -10.7. The number of hydrogen-bond donors (Lipinski definition) is 10. The number of aromatic amines is 2. The number of ketones is 2. The molecular formula is C50H62N18O16. The zero-order valence-corrected chi connectivity index (χ0v) is 45.6. The van der Waals surface area contributed by atoms with Crippen LogP contribution in [0.5, 0.6) is 0 Å². The molecule has 34 heteroatoms. The van der Waals surface area contributed by atoms with Gasteiger partial charge in [-0.05, 0) is 38.6 Å². The quantitative estimate of drug-likeness (QED) is 0.0220. The van der Waals surface area contributed by atoms with Crippen molar-refractivity contribution in [3.63, 3.8) is 0 Å². The SMILES string of the molecule is CC(C)[C@H](NC(=O)OCc1ccccc1)C(=O)N[C@@H](Cc1cnc[nH]1)C(=O)N[C@@H](CC(=O)O)C(=O)COn1cnnn1.CC(C)[C@H](NC(=O)OCc1ccccc1)C(=O)N[C@@H](Cc1cnc[nH]1)C(=O)N[C@@H](CC(=O)O)C(=O)COn1ncnn1. The molecule has 0 aliphatic carbocycles. The van der Waals surface area contributed by atoms with E-state index >= 15 is 0 Å². The van der Waals surface area contributed by atoms with Gasteiger partial charge in [-0.25, -0.2) is 19.6 Å². The van der Waals surface area contributed by atoms with Crippen LogP contribution in [0.1, 0.15) is 63.1 Å². The van der Waals surface area contributed by atoms with Crippen molar-refractivity contribution in [2.45, 2.75) is 103 Å². The minimum atomic E-state index is -1.51. The normalized spacial score (nSPS) is 12.9. The van der Waals surface area contributed by atoms with Gasteiger partial charge in [-0.15, -0.1) is 15.3 Å². The molecule has 0 spiro atoms. The van der Waals surface area contributed by atoms with Crippen molar-refractivity contribution >= 4 is 59.3 Å². The minimum Gasteiger partial charge on any atom is -0.481 e. The van der Waals surface area contributed by atoms with E-state index in [1.165, 1.54) is 25.0 Å². The Kier molecular flexibility index (Phi) is 25.3. The monoisotopic (exact) mass is 1170 g/mol. The Labute approximate surface area is 476 Å². The maximum atomic E-state index is 13.3. The number of tetrazole rings is 2. The minimum absolute atomic E-state index is 0.0138. The number of nitrogens with zero attached hydrogens (tertiary/aromatic N) is 10. The Balaban J connectivity index is 0.000000307. The molecule has 448 valence electrons. The van der Waals surface area contributed by atoms with Gasteiger partial charge >= 0.3 is 24.1 Å². The number of H-pyrrole nitrogens is 2. The highest BCUT2D eigenvalue weighted by Gasteiger charge is 2.35. The molecule has 2 aromatic carbocycles. The largest absolute Gasteiger partial charge is 0.481 e. The molecule has 0 bridgehead atoms. The molecule has 0 fully saturated rings. The zero-order valence-electron chi connectivity index (χ0n) is 45.6. The van der Waals surface area contributed by atoms with E-state index < -0.39 is 133 Å². The van der Waals surface area contributed by atoms with Crippen molar-refractivity contribution < 1.29 is 77.3 Å². The van der Waals surface area contributed by atoms with E-state index in [1.807, 2.05) is 12.1 Å². The fourth-order valence-electron chi connectivity index (χ4n) is 7.29. The summed E-state index contributed by atoms with van der Waals surface area (Å²) in [4.78, 5) is 151. The first-order chi connectivity index (χ1) is 40.2. The second-order valence-corrected chi connectivity index (χ2v) is 18.7. The van der Waals surface area contributed by atoms with E-state index in [2.05, 4.69) is 82.8 Å². The van der Waals surface area contributed by atoms with Gasteiger partial charge in [-0.2, -0.15) is 0 Å². The molecular weight excluding hydrogens is 1110 g/mol. The fraction of sp³-hybridized carbons (Fsp3) is 0.400. The molecule has 0 aliphatic rings. The van der Waals surface area contributed by atoms with Crippen LogP contribution >= 0.6 is 0 Å². The number of aromatic nitrogens is 12. The van der Waals surface area contributed by atoms with Crippen LogP contribution in [0.4, 0.5) is 9.59 Å². The predicted octanol–water partition coefficient (Wildman–Crippen LogP) is -1.94. The van der Waals surface area contributed by atoms with Crippen LogP contribution in [0.15, 0.2) is 98.4 Å². The van der Waals surface area contributed by atoms with E-state index in [4.69, 9.17) is 19.1 Å². The first-order valence-corrected chi connectivity index (χ1v) is 25.6. The Morgan fingerprint density at radius 3 is 1.36 bits per heavy atom. The zero-order chi connectivity index (χ0) is 61.0. The molecule has 6 rings (SSSR count). The van der Waals surface area contributed by atoms with Crippen LogP contribution < -0.4 is 41.6 Å². The number of rotatable bonds is 32. The molecule has 0 saturated carbocycles. The summed E-state index contributed by atoms with van der Waals surface area (Å²) in [7, 11) is 0. The second-order valence-electron chi connectivity index (χ2n) is 18.7. The highest BCUT2D eigenvalue weighted by molar-refractivity contribution is 5.97. The van der Waals surface area contributed by atoms with Crippen LogP contribution in [0, 0.1) is 11.8 Å². The van der Waals surface area contributed by atoms with E-state index in [9.17, 15) is 58.2 Å². The first kappa shape index (κ1) is 64.1. The average Bonchev–Trinajstić information content (AvgIpc) is 4.48. The Bertz CT molecular complexity index is 2840. The number of benzene rings is 2. The van der Waals surface area contributed by atoms with E-state index in [1.54, 1.807) is 76.2 Å². The summed E-state index contributed by atoms with van der Waals surface area (Å²) in [5.74, 6) is -8.23. The van der Waals surface area contributed by atoms with Crippen LogP contribution in [-0.4, -0.2) is 180 Å². The summed E-state index contributed by atoms with van der Waals surface area (Å²) in [6, 6.07) is 10.2. The Morgan fingerprint density at radius 2 is 0.988 bits per heavy atom. The van der Waals surface area contributed by atoms with Crippen molar-refractivity contribution in [3.05, 3.63) is 121 Å². The summed E-state index contributed by atoms with van der Waals surface area (Å²) in [6.07, 6.45) is 4.40. The number of amides is 6. The number of ether oxygens (including phenoxy) is 2. The molecule has 84 heavy (non-hydrogen) atoms. The number of alkyl carbamates (subject to hydrolysis) is 2. The van der Waals surface area contributed by atoms with Crippen molar-refractivity contribution in [2.24, 2.45) is 11.8 Å². The maximum Gasteiger partial charge on any atom is 0.408 e. The van der Waals surface area contributed by atoms with Gasteiger partial charge in [0.1, 0.15) is 49.5 Å². The third-order valence-electron chi connectivity index (χ3n) is 11.6. The van der Waals surface area contributed by atoms with Crippen LogP contribution in [-0.2, 0) is 73.9 Å². The summed E-state index contributed by atoms with van der Waals surface area (Å²) in [5.41, 5.74) is 2.44. The summed E-state index contributed by atoms with van der Waals surface area (Å²) in [5, 5.41) is 54.1. The topological polar surface area (TPSA) is 465 Å². The van der Waals surface area contributed by atoms with Crippen LogP contribution in [0.3, 0.4) is 0 Å². The van der Waals surface area contributed by atoms with Gasteiger partial charge in [0, 0.05) is 41.6 Å². The molecule has 4 heterocycles. The van der Waals surface area contributed by atoms with Gasteiger partial charge in [-0.3, -0.25) is 38.4 Å². The third kappa shape index (κ3) is 22.4. The van der Waals surface area contributed by atoms with E-state index in [0.29, 0.717) is 16.3 Å². The molecule has 0 radical (unpaired) electrons. The highest BCUT2D eigenvalue weighted by Crippen LogP contribution is 2.11. The molecule has 0 unspecified atom stereocenters. The lowest BCUT2D eigenvalue weighted by Crippen LogP contribution is -2.58. The average molecular weight is 1170 g/mol. The van der Waals surface area contributed by atoms with Crippen LogP contribution in [0.25, 0.3) is 0 Å². The van der Waals surface area contributed by atoms with E-state index in [0.717, 1.165) is 28.6 Å². The van der Waals surface area contributed by atoms with Crippen molar-refractivity contribution in [1.29, 1.82) is 0 Å². The number of carbonyl (C=O) groups excluding carboxylic acids is 8. The molecule has 6 aromatic rings. The van der Waals surface area contributed by atoms with Crippen molar-refractivity contribution in [3.8, 4) is 0 Å². The number of Topliss-reactive ketones (excluding diaryl/α,β-unsaturated/α-hetero) is 2. The number of carbonyl (C=O) groups is 10. The number of carboxylic acids is 2. The number of carboxylic acid groups (broad SMARTS) is 2. The van der Waals surface area contributed by atoms with Gasteiger partial charge in [0.15, 0.2) is 37.4 Å². The Morgan fingerprint density at radius 1 is 0.548 bits per heavy atom. The summed E-state index contributed by atoms with van der Waals surface area (Å²) in [6.45, 7) is 5.42. The van der Waals surface area contributed by atoms with E-state index in [-0.39, 0.29) is 26.1 Å². The van der Waals surface area contributed by atoms with Gasteiger partial charge in [0.2, 0.25) is 23.6 Å². The van der Waals surface area contributed by atoms with Gasteiger partial charge in [-0.1, -0.05) is 93.2 Å². The number of aliphatic carboxylic acids is 2. The number of hydrogen-bond acceptors (Lipinski definition) is 22. The molecule has 4 aromatic heterocycles. The van der Waals surface area contributed by atoms with Gasteiger partial charge < -0.3 is 71.2 Å². The summed E-state index contributed by atoms with van der Waals surface area (Å²) >= 11 is 0. The molecule has 10 N–H and O–H groups in total. The van der Waals surface area contributed by atoms with Gasteiger partial charge in [0.05, 0.1) is 25.5 Å². The highest BCUT2D eigenvalue weighted by atomic mass is 16.7. The third-order valence-corrected chi connectivity index (χ3v) is 11.6. The standard InChI is InChI=1S/2C25H31N9O8/c1-15(2)22(31-25(40)41-11-16-6-4-3-5-7-16)24(39)30-19(8-17-10-26-13-27-17)23(38)29-18(9-21(36)37)20(35)12-42-34-14-28-32-33-34;1-15(2)22(32-25(40)41-11-16-6-4-3-5-7-16)24(39)31-19(8-17-10-26-13-27-17)23(38)30-18(9-21(36)37)20(35)12-42-34-29-14-28-33-34/h3-7,10,13-15,18-19,22H,8-9,11-12H2,1-2H3,(H,26,27)(H,29,38)(H,30,39)(H,31,40)(H,36,37);3-7,10,13-15,18-19,22H,8-9,11-12H2,1-2H3,(H,26,27)(H,30,38)(H,31,39)(H,32,40)(H,36,37)/t2*18-,19-,22-/m00/s1. The molecule has 0 saturated heterocycles. The first-order valence-electron chi connectivity index (χ1n) is 25.6. The van der Waals surface area contributed by atoms with Crippen molar-refractivity contribution in [1.82, 2.24) is 92.6 Å². The molecule has 6 atom stereocenters. The lowest BCUT2D eigenvalue weighted by atomic mass is 10.0.